The molecule has 4 aliphatic rings. The Morgan fingerprint density at radius 1 is 1.09 bits per heavy atom. The molecular formula is C26H36N4O3. The van der Waals surface area contributed by atoms with E-state index in [-0.39, 0.29) is 11.7 Å². The molecule has 0 saturated carbocycles. The maximum absolute atomic E-state index is 12.4. The Morgan fingerprint density at radius 2 is 1.88 bits per heavy atom. The lowest BCUT2D eigenvalue weighted by molar-refractivity contribution is 0.0239. The Balaban J connectivity index is 1.34. The fraction of sp³-hybridized carbons (Fsp3) is 0.654. The first-order valence-corrected chi connectivity index (χ1v) is 12.4. The molecule has 0 aromatic carbocycles. The van der Waals surface area contributed by atoms with Crippen LogP contribution in [0.2, 0.25) is 0 Å². The highest BCUT2D eigenvalue weighted by molar-refractivity contribution is 5.68. The highest BCUT2D eigenvalue weighted by atomic mass is 16.6. The van der Waals surface area contributed by atoms with E-state index in [1.165, 1.54) is 30.4 Å². The van der Waals surface area contributed by atoms with E-state index in [4.69, 9.17) is 9.47 Å². The van der Waals surface area contributed by atoms with Crippen LogP contribution in [0.4, 0.5) is 10.6 Å². The van der Waals surface area contributed by atoms with E-state index in [2.05, 4.69) is 27.9 Å². The molecule has 1 atom stereocenters. The van der Waals surface area contributed by atoms with Crippen molar-refractivity contribution >= 4 is 11.9 Å². The fourth-order valence-corrected chi connectivity index (χ4v) is 5.92. The molecule has 1 amide bonds. The quantitative estimate of drug-likeness (QED) is 0.609. The fourth-order valence-electron chi connectivity index (χ4n) is 5.92. The zero-order chi connectivity index (χ0) is 23.2. The zero-order valence-electron chi connectivity index (χ0n) is 20.4. The van der Waals surface area contributed by atoms with Gasteiger partial charge in [0.25, 0.3) is 0 Å². The molecule has 1 aromatic heterocycles. The summed E-state index contributed by atoms with van der Waals surface area (Å²) in [5.74, 6) is 1.70. The van der Waals surface area contributed by atoms with Gasteiger partial charge in [-0.3, -0.25) is 0 Å². The molecule has 178 valence electrons. The van der Waals surface area contributed by atoms with Crippen LogP contribution in [0.5, 0.6) is 5.88 Å². The molecule has 33 heavy (non-hydrogen) atoms. The molecule has 7 heteroatoms. The van der Waals surface area contributed by atoms with Crippen LogP contribution in [0.15, 0.2) is 29.1 Å². The lowest BCUT2D eigenvalue weighted by atomic mass is 9.69. The van der Waals surface area contributed by atoms with Crippen LogP contribution in [-0.4, -0.2) is 58.3 Å². The van der Waals surface area contributed by atoms with Crippen molar-refractivity contribution in [3.05, 3.63) is 34.7 Å². The van der Waals surface area contributed by atoms with Gasteiger partial charge in [0.15, 0.2) is 0 Å². The highest BCUT2D eigenvalue weighted by Gasteiger charge is 2.45. The van der Waals surface area contributed by atoms with Crippen molar-refractivity contribution in [3.8, 4) is 5.88 Å². The summed E-state index contributed by atoms with van der Waals surface area (Å²) < 4.78 is 12.3. The van der Waals surface area contributed by atoms with E-state index >= 15 is 0 Å². The SMILES string of the molecule is CC1=CCCC2=C1C1(CCC2)CCc2c(ncnc2N2CCN(C(=O)OC(C)(C)C)CC2)O1. The molecule has 0 bridgehead atoms. The van der Waals surface area contributed by atoms with Gasteiger partial charge in [0.2, 0.25) is 5.88 Å². The van der Waals surface area contributed by atoms with Gasteiger partial charge in [-0.25, -0.2) is 14.8 Å². The van der Waals surface area contributed by atoms with Crippen molar-refractivity contribution in [1.29, 1.82) is 0 Å². The number of rotatable bonds is 1. The molecular weight excluding hydrogens is 416 g/mol. The molecule has 0 N–H and O–H groups in total. The van der Waals surface area contributed by atoms with E-state index in [1.54, 1.807) is 16.8 Å². The highest BCUT2D eigenvalue weighted by Crippen LogP contribution is 2.49. The second-order valence-electron chi connectivity index (χ2n) is 10.8. The van der Waals surface area contributed by atoms with Gasteiger partial charge in [-0.05, 0) is 83.8 Å². The van der Waals surface area contributed by atoms with Crippen molar-refractivity contribution in [2.24, 2.45) is 0 Å². The smallest absolute Gasteiger partial charge is 0.410 e. The van der Waals surface area contributed by atoms with E-state index in [0.717, 1.165) is 56.0 Å². The van der Waals surface area contributed by atoms with E-state index in [0.29, 0.717) is 13.1 Å². The Morgan fingerprint density at radius 3 is 2.64 bits per heavy atom. The summed E-state index contributed by atoms with van der Waals surface area (Å²) in [6.45, 7) is 10.6. The number of hydrogen-bond acceptors (Lipinski definition) is 6. The molecule has 2 aliphatic carbocycles. The van der Waals surface area contributed by atoms with Gasteiger partial charge >= 0.3 is 6.09 Å². The monoisotopic (exact) mass is 452 g/mol. The van der Waals surface area contributed by atoms with Crippen LogP contribution in [0.1, 0.15) is 71.8 Å². The number of carbonyl (C=O) groups excluding carboxylic acids is 1. The molecule has 1 fully saturated rings. The lowest BCUT2D eigenvalue weighted by Crippen LogP contribution is -2.51. The van der Waals surface area contributed by atoms with Crippen molar-refractivity contribution in [2.45, 2.75) is 83.8 Å². The maximum atomic E-state index is 12.4. The molecule has 2 aliphatic heterocycles. The molecule has 0 radical (unpaired) electrons. The second-order valence-corrected chi connectivity index (χ2v) is 10.8. The average molecular weight is 453 g/mol. The minimum atomic E-state index is -0.479. The van der Waals surface area contributed by atoms with Crippen LogP contribution >= 0.6 is 0 Å². The molecule has 1 unspecified atom stereocenters. The van der Waals surface area contributed by atoms with Gasteiger partial charge in [-0.2, -0.15) is 0 Å². The Hall–Kier alpha value is -2.57. The van der Waals surface area contributed by atoms with Crippen molar-refractivity contribution in [1.82, 2.24) is 14.9 Å². The van der Waals surface area contributed by atoms with Crippen molar-refractivity contribution in [3.63, 3.8) is 0 Å². The second kappa shape index (κ2) is 8.33. The van der Waals surface area contributed by atoms with Crippen LogP contribution in [0, 0.1) is 0 Å². The predicted octanol–water partition coefficient (Wildman–Crippen LogP) is 4.82. The summed E-state index contributed by atoms with van der Waals surface area (Å²) in [5.41, 5.74) is 4.84. The van der Waals surface area contributed by atoms with Crippen LogP contribution in [0.3, 0.4) is 0 Å². The minimum Gasteiger partial charge on any atom is -0.466 e. The van der Waals surface area contributed by atoms with Gasteiger partial charge in [0.05, 0.1) is 5.56 Å². The zero-order valence-corrected chi connectivity index (χ0v) is 20.4. The molecule has 3 heterocycles. The summed E-state index contributed by atoms with van der Waals surface area (Å²) in [4.78, 5) is 25.7. The van der Waals surface area contributed by atoms with Crippen LogP contribution < -0.4 is 9.64 Å². The first-order valence-electron chi connectivity index (χ1n) is 12.4. The third-order valence-corrected chi connectivity index (χ3v) is 7.34. The van der Waals surface area contributed by atoms with E-state index < -0.39 is 5.60 Å². The normalized spacial score (nSPS) is 25.3. The number of allylic oxidation sites excluding steroid dienone is 2. The topological polar surface area (TPSA) is 67.8 Å². The third-order valence-electron chi connectivity index (χ3n) is 7.34. The third kappa shape index (κ3) is 4.22. The Kier molecular flexibility index (Phi) is 5.61. The molecule has 1 spiro atoms. The first-order chi connectivity index (χ1) is 15.8. The molecule has 7 nitrogen and oxygen atoms in total. The molecule has 1 saturated heterocycles. The van der Waals surface area contributed by atoms with E-state index in [1.807, 2.05) is 20.8 Å². The summed E-state index contributed by atoms with van der Waals surface area (Å²) in [5, 5.41) is 0. The average Bonchev–Trinajstić information content (AvgIpc) is 2.78. The molecule has 5 rings (SSSR count). The standard InChI is InChI=1S/C26H36N4O3/c1-18-7-5-8-19-9-6-11-26(21(18)19)12-10-20-22(27-17-28-23(20)32-26)29-13-15-30(16-14-29)24(31)33-25(2,3)4/h7,17H,5-6,8-16H2,1-4H3. The number of nitrogens with zero attached hydrogens (tertiary/aromatic N) is 4. The number of aromatic nitrogens is 2. The number of anilines is 1. The molecule has 1 aromatic rings. The summed E-state index contributed by atoms with van der Waals surface area (Å²) in [6, 6.07) is 0. The van der Waals surface area contributed by atoms with Crippen LogP contribution in [0.25, 0.3) is 0 Å². The summed E-state index contributed by atoms with van der Waals surface area (Å²) in [6.07, 6.45) is 11.4. The van der Waals surface area contributed by atoms with E-state index in [9.17, 15) is 4.79 Å². The number of fused-ring (bicyclic) bond motifs is 2. The first kappa shape index (κ1) is 22.2. The van der Waals surface area contributed by atoms with Gasteiger partial charge in [0, 0.05) is 26.2 Å². The van der Waals surface area contributed by atoms with Gasteiger partial charge in [-0.1, -0.05) is 11.6 Å². The lowest BCUT2D eigenvalue weighted by Gasteiger charge is -2.46. The number of amides is 1. The number of ether oxygens (including phenoxy) is 2. The number of hydrogen-bond donors (Lipinski definition) is 0. The number of piperazine rings is 1. The van der Waals surface area contributed by atoms with Crippen molar-refractivity contribution < 1.29 is 14.3 Å². The summed E-state index contributed by atoms with van der Waals surface area (Å²) in [7, 11) is 0. The summed E-state index contributed by atoms with van der Waals surface area (Å²) >= 11 is 0. The van der Waals surface area contributed by atoms with Gasteiger partial charge in [0.1, 0.15) is 23.3 Å². The predicted molar refractivity (Wildman–Crippen MR) is 128 cm³/mol. The maximum Gasteiger partial charge on any atom is 0.410 e. The minimum absolute atomic E-state index is 0.234. The Bertz CT molecular complexity index is 1000. The number of carbonyl (C=O) groups is 1. The van der Waals surface area contributed by atoms with Crippen LogP contribution in [-0.2, 0) is 11.2 Å². The van der Waals surface area contributed by atoms with Gasteiger partial charge in [-0.15, -0.1) is 0 Å². The largest absolute Gasteiger partial charge is 0.466 e. The van der Waals surface area contributed by atoms with Gasteiger partial charge < -0.3 is 19.3 Å². The Labute approximate surface area is 196 Å². The van der Waals surface area contributed by atoms with Crippen molar-refractivity contribution in [2.75, 3.05) is 31.1 Å².